The van der Waals surface area contributed by atoms with E-state index in [-0.39, 0.29) is 55.4 Å². The van der Waals surface area contributed by atoms with Gasteiger partial charge < -0.3 is 29.0 Å². The molecule has 0 aliphatic carbocycles. The number of carbonyl (C=O) groups excluding carboxylic acids is 3. The minimum atomic E-state index is -0.675. The number of nitrogens with zero attached hydrogens (tertiary/aromatic N) is 2. The highest BCUT2D eigenvalue weighted by molar-refractivity contribution is 6.04. The maximum Gasteiger partial charge on any atom is 0.414 e. The first kappa shape index (κ1) is 26.0. The molecule has 2 rings (SSSR count). The first-order valence-electron chi connectivity index (χ1n) is 10.7. The molecule has 0 unspecified atom stereocenters. The standard InChI is InChI=1S/C23H32N2O8/c1-5-11-33-23(29)24(2)18-14-20(32-12-7-9-21(27)31-4)19(30-3)13-17(18)22(28)25-10-6-8-16(25)15-26/h5,13-14,16,26H,1,6-12,15H2,2-4H3/t16-/m0/s1. The molecule has 1 heterocycles. The average Bonchev–Trinajstić information content (AvgIpc) is 3.32. The molecule has 0 bridgehead atoms. The van der Waals surface area contributed by atoms with Gasteiger partial charge in [0.05, 0.1) is 44.7 Å². The lowest BCUT2D eigenvalue weighted by Gasteiger charge is -2.27. The fourth-order valence-electron chi connectivity index (χ4n) is 3.54. The molecule has 0 aromatic heterocycles. The SMILES string of the molecule is C=CCOC(=O)N(C)c1cc(OCCCC(=O)OC)c(OC)cc1C(=O)N1CCC[C@H]1CO. The van der Waals surface area contributed by atoms with Gasteiger partial charge in [0.15, 0.2) is 11.5 Å². The fourth-order valence-corrected chi connectivity index (χ4v) is 3.54. The molecule has 1 saturated heterocycles. The van der Waals surface area contributed by atoms with Gasteiger partial charge in [-0.05, 0) is 25.3 Å². The van der Waals surface area contributed by atoms with Gasteiger partial charge in [-0.1, -0.05) is 12.7 Å². The molecule has 10 heteroatoms. The summed E-state index contributed by atoms with van der Waals surface area (Å²) < 4.78 is 21.0. The third kappa shape index (κ3) is 6.61. The van der Waals surface area contributed by atoms with Crippen LogP contribution >= 0.6 is 0 Å². The lowest BCUT2D eigenvalue weighted by molar-refractivity contribution is -0.140. The highest BCUT2D eigenvalue weighted by atomic mass is 16.6. The Morgan fingerprint density at radius 1 is 1.27 bits per heavy atom. The van der Waals surface area contributed by atoms with Crippen molar-refractivity contribution in [1.29, 1.82) is 0 Å². The van der Waals surface area contributed by atoms with E-state index in [1.807, 2.05) is 0 Å². The van der Waals surface area contributed by atoms with Crippen molar-refractivity contribution in [2.24, 2.45) is 0 Å². The molecule has 1 aromatic carbocycles. The van der Waals surface area contributed by atoms with Crippen molar-refractivity contribution < 1.29 is 38.4 Å². The van der Waals surface area contributed by atoms with Crippen molar-refractivity contribution in [3.63, 3.8) is 0 Å². The molecule has 1 N–H and O–H groups in total. The largest absolute Gasteiger partial charge is 0.493 e. The summed E-state index contributed by atoms with van der Waals surface area (Å²) in [6.45, 7) is 4.10. The molecular weight excluding hydrogens is 432 g/mol. The van der Waals surface area contributed by atoms with Gasteiger partial charge >= 0.3 is 12.1 Å². The van der Waals surface area contributed by atoms with Gasteiger partial charge in [0.25, 0.3) is 5.91 Å². The van der Waals surface area contributed by atoms with Crippen LogP contribution in [0.4, 0.5) is 10.5 Å². The van der Waals surface area contributed by atoms with Crippen LogP contribution in [0.3, 0.4) is 0 Å². The Labute approximate surface area is 193 Å². The summed E-state index contributed by atoms with van der Waals surface area (Å²) in [5, 5.41) is 9.65. The van der Waals surface area contributed by atoms with E-state index in [0.717, 1.165) is 6.42 Å². The van der Waals surface area contributed by atoms with Crippen LogP contribution in [0, 0.1) is 0 Å². The molecule has 182 valence electrons. The summed E-state index contributed by atoms with van der Waals surface area (Å²) in [6.07, 6.45) is 2.85. The van der Waals surface area contributed by atoms with Crippen molar-refractivity contribution in [2.75, 3.05) is 52.5 Å². The predicted octanol–water partition coefficient (Wildman–Crippen LogP) is 2.38. The number of benzene rings is 1. The molecule has 0 radical (unpaired) electrons. The lowest BCUT2D eigenvalue weighted by atomic mass is 10.1. The molecule has 2 amide bonds. The van der Waals surface area contributed by atoms with Gasteiger partial charge in [-0.15, -0.1) is 0 Å². The van der Waals surface area contributed by atoms with E-state index in [4.69, 9.17) is 14.2 Å². The Morgan fingerprint density at radius 3 is 2.67 bits per heavy atom. The van der Waals surface area contributed by atoms with E-state index >= 15 is 0 Å². The number of aliphatic hydroxyl groups excluding tert-OH is 1. The van der Waals surface area contributed by atoms with Crippen LogP contribution in [0.5, 0.6) is 11.5 Å². The highest BCUT2D eigenvalue weighted by Crippen LogP contribution is 2.37. The number of aliphatic hydroxyl groups is 1. The van der Waals surface area contributed by atoms with Crippen LogP contribution in [0.15, 0.2) is 24.8 Å². The number of anilines is 1. The van der Waals surface area contributed by atoms with E-state index in [2.05, 4.69) is 11.3 Å². The number of ether oxygens (including phenoxy) is 4. The van der Waals surface area contributed by atoms with Crippen LogP contribution in [0.25, 0.3) is 0 Å². The third-order valence-electron chi connectivity index (χ3n) is 5.33. The number of likely N-dealkylation sites (tertiary alicyclic amines) is 1. The molecule has 1 atom stereocenters. The summed E-state index contributed by atoms with van der Waals surface area (Å²) in [6, 6.07) is 2.75. The maximum atomic E-state index is 13.4. The highest BCUT2D eigenvalue weighted by Gasteiger charge is 2.32. The van der Waals surface area contributed by atoms with Crippen LogP contribution in [0.1, 0.15) is 36.0 Å². The van der Waals surface area contributed by atoms with E-state index in [0.29, 0.717) is 30.9 Å². The zero-order valence-corrected chi connectivity index (χ0v) is 19.4. The molecule has 1 aliphatic rings. The van der Waals surface area contributed by atoms with E-state index in [1.54, 1.807) is 4.90 Å². The van der Waals surface area contributed by atoms with Gasteiger partial charge in [0.1, 0.15) is 6.61 Å². The molecular formula is C23H32N2O8. The van der Waals surface area contributed by atoms with Crippen LogP contribution < -0.4 is 14.4 Å². The summed E-state index contributed by atoms with van der Waals surface area (Å²) in [7, 11) is 4.24. The number of hydrogen-bond acceptors (Lipinski definition) is 8. The number of methoxy groups -OCH3 is 2. The van der Waals surface area contributed by atoms with Crippen molar-refractivity contribution in [2.45, 2.75) is 31.7 Å². The second-order valence-electron chi connectivity index (χ2n) is 7.45. The van der Waals surface area contributed by atoms with E-state index < -0.39 is 6.09 Å². The Bertz CT molecular complexity index is 857. The lowest BCUT2D eigenvalue weighted by Crippen LogP contribution is -2.39. The molecule has 1 aliphatic heterocycles. The van der Waals surface area contributed by atoms with Gasteiger partial charge in [0, 0.05) is 26.1 Å². The number of rotatable bonds is 11. The van der Waals surface area contributed by atoms with Crippen molar-refractivity contribution in [3.8, 4) is 11.5 Å². The molecule has 33 heavy (non-hydrogen) atoms. The summed E-state index contributed by atoms with van der Waals surface area (Å²) in [5.74, 6) is -0.0772. The maximum absolute atomic E-state index is 13.4. The van der Waals surface area contributed by atoms with Gasteiger partial charge in [-0.2, -0.15) is 0 Å². The minimum Gasteiger partial charge on any atom is -0.493 e. The first-order chi connectivity index (χ1) is 15.9. The Morgan fingerprint density at radius 2 is 2.03 bits per heavy atom. The zero-order valence-electron chi connectivity index (χ0n) is 19.4. The van der Waals surface area contributed by atoms with Crippen LogP contribution in [0.2, 0.25) is 0 Å². The molecule has 0 spiro atoms. The quantitative estimate of drug-likeness (QED) is 0.302. The first-order valence-corrected chi connectivity index (χ1v) is 10.7. The minimum absolute atomic E-state index is 0.0121. The monoisotopic (exact) mass is 464 g/mol. The topological polar surface area (TPSA) is 115 Å². The van der Waals surface area contributed by atoms with Gasteiger partial charge in [-0.3, -0.25) is 14.5 Å². The second-order valence-corrected chi connectivity index (χ2v) is 7.45. The van der Waals surface area contributed by atoms with Crippen molar-refractivity contribution in [1.82, 2.24) is 4.90 Å². The molecule has 1 fully saturated rings. The number of esters is 1. The number of hydrogen-bond donors (Lipinski definition) is 1. The molecule has 0 saturated carbocycles. The average molecular weight is 465 g/mol. The third-order valence-corrected chi connectivity index (χ3v) is 5.33. The fraction of sp³-hybridized carbons (Fsp3) is 0.522. The summed E-state index contributed by atoms with van der Waals surface area (Å²) >= 11 is 0. The van der Waals surface area contributed by atoms with E-state index in [9.17, 15) is 19.5 Å². The summed E-state index contributed by atoms with van der Waals surface area (Å²) in [4.78, 5) is 40.0. The number of carbonyl (C=O) groups is 3. The van der Waals surface area contributed by atoms with Gasteiger partial charge in [0.2, 0.25) is 0 Å². The summed E-state index contributed by atoms with van der Waals surface area (Å²) in [5.41, 5.74) is 0.480. The second kappa shape index (κ2) is 12.7. The smallest absolute Gasteiger partial charge is 0.414 e. The normalized spacial score (nSPS) is 15.0. The van der Waals surface area contributed by atoms with Crippen molar-refractivity contribution >= 4 is 23.7 Å². The van der Waals surface area contributed by atoms with Crippen molar-refractivity contribution in [3.05, 3.63) is 30.4 Å². The van der Waals surface area contributed by atoms with Crippen LogP contribution in [-0.2, 0) is 14.3 Å². The zero-order chi connectivity index (χ0) is 24.4. The number of amides is 2. The Hall–Kier alpha value is -3.27. The Kier molecular flexibility index (Phi) is 9.99. The Balaban J connectivity index is 2.39. The van der Waals surface area contributed by atoms with Gasteiger partial charge in [-0.25, -0.2) is 4.79 Å². The predicted molar refractivity (Wildman–Crippen MR) is 121 cm³/mol. The van der Waals surface area contributed by atoms with E-state index in [1.165, 1.54) is 44.4 Å². The molecule has 1 aromatic rings. The molecule has 10 nitrogen and oxygen atoms in total. The van der Waals surface area contributed by atoms with Crippen LogP contribution in [-0.4, -0.2) is 81.7 Å².